The van der Waals surface area contributed by atoms with Crippen molar-refractivity contribution in [3.05, 3.63) is 23.8 Å². The van der Waals surface area contributed by atoms with E-state index in [1.54, 1.807) is 32.4 Å². The summed E-state index contributed by atoms with van der Waals surface area (Å²) < 4.78 is 10.3. The third-order valence-electron chi connectivity index (χ3n) is 2.37. The normalized spacial score (nSPS) is 10.5. The molecule has 19 heavy (non-hydrogen) atoms. The largest absolute Gasteiger partial charge is 0.493 e. The van der Waals surface area contributed by atoms with Gasteiger partial charge in [0.15, 0.2) is 11.5 Å². The van der Waals surface area contributed by atoms with Crippen LogP contribution in [-0.2, 0) is 4.79 Å². The number of hydrazone groups is 1. The molecular formula is C13H18N2O4. The van der Waals surface area contributed by atoms with E-state index in [2.05, 4.69) is 10.5 Å². The fraction of sp³-hybridized carbons (Fsp3) is 0.385. The quantitative estimate of drug-likeness (QED) is 0.568. The second kappa shape index (κ2) is 8.10. The molecule has 0 aliphatic rings. The summed E-state index contributed by atoms with van der Waals surface area (Å²) in [6.07, 6.45) is 2.19. The van der Waals surface area contributed by atoms with Crippen molar-refractivity contribution >= 4 is 12.1 Å². The third-order valence-corrected chi connectivity index (χ3v) is 2.37. The molecule has 1 aromatic rings. The van der Waals surface area contributed by atoms with E-state index in [0.29, 0.717) is 17.9 Å². The summed E-state index contributed by atoms with van der Waals surface area (Å²) >= 11 is 0. The van der Waals surface area contributed by atoms with Crippen LogP contribution < -0.4 is 14.9 Å². The first kappa shape index (κ1) is 15.0. The highest BCUT2D eigenvalue weighted by atomic mass is 16.5. The lowest BCUT2D eigenvalue weighted by Gasteiger charge is -2.07. The van der Waals surface area contributed by atoms with Crippen LogP contribution in [0.4, 0.5) is 0 Å². The molecule has 0 spiro atoms. The lowest BCUT2D eigenvalue weighted by molar-refractivity contribution is -0.121. The van der Waals surface area contributed by atoms with E-state index in [1.165, 1.54) is 6.21 Å². The Morgan fingerprint density at radius 3 is 2.74 bits per heavy atom. The van der Waals surface area contributed by atoms with Crippen LogP contribution in [0.25, 0.3) is 0 Å². The minimum absolute atomic E-state index is 0.00713. The number of aliphatic hydroxyl groups excluding tert-OH is 1. The summed E-state index contributed by atoms with van der Waals surface area (Å²) in [6, 6.07) is 5.31. The van der Waals surface area contributed by atoms with Gasteiger partial charge < -0.3 is 14.6 Å². The third kappa shape index (κ3) is 4.97. The number of carbonyl (C=O) groups is 1. The maximum Gasteiger partial charge on any atom is 0.240 e. The van der Waals surface area contributed by atoms with Crippen LogP contribution in [0.2, 0.25) is 0 Å². The summed E-state index contributed by atoms with van der Waals surface area (Å²) in [4.78, 5) is 11.2. The molecule has 0 saturated carbocycles. The standard InChI is InChI=1S/C13H18N2O4/c1-18-11-6-5-10(8-12(11)19-2)9-14-15-13(17)4-3-7-16/h5-6,8-9,16H,3-4,7H2,1-2H3,(H,15,17)/b14-9-. The molecular weight excluding hydrogens is 248 g/mol. The number of nitrogens with one attached hydrogen (secondary N) is 1. The van der Waals surface area contributed by atoms with E-state index in [1.807, 2.05) is 0 Å². The van der Waals surface area contributed by atoms with Gasteiger partial charge in [-0.25, -0.2) is 5.43 Å². The molecule has 0 bridgehead atoms. The number of carbonyl (C=O) groups excluding carboxylic acids is 1. The number of benzene rings is 1. The SMILES string of the molecule is COc1ccc(/C=N\NC(=O)CCCO)cc1OC. The maximum absolute atomic E-state index is 11.2. The molecule has 0 aromatic heterocycles. The van der Waals surface area contributed by atoms with Crippen molar-refractivity contribution in [2.24, 2.45) is 5.10 Å². The van der Waals surface area contributed by atoms with Crippen LogP contribution >= 0.6 is 0 Å². The average Bonchev–Trinajstić information content (AvgIpc) is 2.44. The van der Waals surface area contributed by atoms with Crippen LogP contribution in [0.15, 0.2) is 23.3 Å². The van der Waals surface area contributed by atoms with Crippen LogP contribution in [0.1, 0.15) is 18.4 Å². The highest BCUT2D eigenvalue weighted by molar-refractivity contribution is 5.83. The topological polar surface area (TPSA) is 80.2 Å². The Morgan fingerprint density at radius 1 is 1.37 bits per heavy atom. The zero-order chi connectivity index (χ0) is 14.1. The second-order valence-corrected chi connectivity index (χ2v) is 3.73. The van der Waals surface area contributed by atoms with Crippen molar-refractivity contribution in [3.8, 4) is 11.5 Å². The van der Waals surface area contributed by atoms with Crippen LogP contribution in [0.5, 0.6) is 11.5 Å². The Morgan fingerprint density at radius 2 is 2.11 bits per heavy atom. The van der Waals surface area contributed by atoms with Gasteiger partial charge in [0.25, 0.3) is 0 Å². The number of rotatable bonds is 7. The van der Waals surface area contributed by atoms with Crippen molar-refractivity contribution in [1.29, 1.82) is 0 Å². The van der Waals surface area contributed by atoms with Crippen molar-refractivity contribution in [3.63, 3.8) is 0 Å². The van der Waals surface area contributed by atoms with E-state index in [9.17, 15) is 4.79 Å². The summed E-state index contributed by atoms with van der Waals surface area (Å²) in [7, 11) is 3.11. The van der Waals surface area contributed by atoms with E-state index >= 15 is 0 Å². The first-order valence-electron chi connectivity index (χ1n) is 5.86. The van der Waals surface area contributed by atoms with Gasteiger partial charge in [-0.3, -0.25) is 4.79 Å². The maximum atomic E-state index is 11.2. The Balaban J connectivity index is 2.59. The molecule has 0 saturated heterocycles. The summed E-state index contributed by atoms with van der Waals surface area (Å²) in [5.74, 6) is 0.996. The molecule has 0 heterocycles. The Bertz CT molecular complexity index is 446. The fourth-order valence-corrected chi connectivity index (χ4v) is 1.41. The molecule has 6 nitrogen and oxygen atoms in total. The molecule has 104 valence electrons. The zero-order valence-corrected chi connectivity index (χ0v) is 11.0. The molecule has 6 heteroatoms. The summed E-state index contributed by atoms with van der Waals surface area (Å²) in [5.41, 5.74) is 3.16. The first-order valence-corrected chi connectivity index (χ1v) is 5.86. The molecule has 1 amide bonds. The number of hydrogen-bond acceptors (Lipinski definition) is 5. The number of ether oxygens (including phenoxy) is 2. The number of hydrogen-bond donors (Lipinski definition) is 2. The lowest BCUT2D eigenvalue weighted by atomic mass is 10.2. The summed E-state index contributed by atoms with van der Waals surface area (Å²) in [5, 5.41) is 12.4. The highest BCUT2D eigenvalue weighted by Gasteiger charge is 2.03. The Labute approximate surface area is 112 Å². The molecule has 1 aromatic carbocycles. The molecule has 0 radical (unpaired) electrons. The lowest BCUT2D eigenvalue weighted by Crippen LogP contribution is -2.17. The smallest absolute Gasteiger partial charge is 0.240 e. The Kier molecular flexibility index (Phi) is 6.38. The molecule has 2 N–H and O–H groups in total. The van der Waals surface area contributed by atoms with Gasteiger partial charge in [-0.2, -0.15) is 5.10 Å². The molecule has 0 atom stereocenters. The number of aliphatic hydroxyl groups is 1. The predicted molar refractivity (Wildman–Crippen MR) is 71.6 cm³/mol. The van der Waals surface area contributed by atoms with Crippen LogP contribution in [-0.4, -0.2) is 38.1 Å². The fourth-order valence-electron chi connectivity index (χ4n) is 1.41. The minimum Gasteiger partial charge on any atom is -0.493 e. The van der Waals surface area contributed by atoms with Gasteiger partial charge in [0.05, 0.1) is 20.4 Å². The molecule has 0 aliphatic carbocycles. The van der Waals surface area contributed by atoms with Crippen LogP contribution in [0, 0.1) is 0 Å². The first-order chi connectivity index (χ1) is 9.21. The average molecular weight is 266 g/mol. The predicted octanol–water partition coefficient (Wildman–Crippen LogP) is 0.926. The van der Waals surface area contributed by atoms with Crippen LogP contribution in [0.3, 0.4) is 0 Å². The van der Waals surface area contributed by atoms with Gasteiger partial charge in [-0.15, -0.1) is 0 Å². The van der Waals surface area contributed by atoms with Crippen molar-refractivity contribution < 1.29 is 19.4 Å². The number of methoxy groups -OCH3 is 2. The number of nitrogens with zero attached hydrogens (tertiary/aromatic N) is 1. The van der Waals surface area contributed by atoms with Gasteiger partial charge in [-0.05, 0) is 30.2 Å². The van der Waals surface area contributed by atoms with Gasteiger partial charge >= 0.3 is 0 Å². The Hall–Kier alpha value is -2.08. The van der Waals surface area contributed by atoms with Gasteiger partial charge in [0.2, 0.25) is 5.91 Å². The molecule has 0 aliphatic heterocycles. The summed E-state index contributed by atoms with van der Waals surface area (Å²) in [6.45, 7) is -0.00713. The van der Waals surface area contributed by atoms with E-state index in [0.717, 1.165) is 5.56 Å². The van der Waals surface area contributed by atoms with Crippen molar-refractivity contribution in [2.45, 2.75) is 12.8 Å². The molecule has 0 fully saturated rings. The monoisotopic (exact) mass is 266 g/mol. The zero-order valence-electron chi connectivity index (χ0n) is 11.0. The van der Waals surface area contributed by atoms with E-state index in [-0.39, 0.29) is 18.9 Å². The highest BCUT2D eigenvalue weighted by Crippen LogP contribution is 2.26. The second-order valence-electron chi connectivity index (χ2n) is 3.73. The van der Waals surface area contributed by atoms with E-state index < -0.39 is 0 Å². The van der Waals surface area contributed by atoms with Crippen molar-refractivity contribution in [1.82, 2.24) is 5.43 Å². The van der Waals surface area contributed by atoms with Crippen molar-refractivity contribution in [2.75, 3.05) is 20.8 Å². The van der Waals surface area contributed by atoms with Gasteiger partial charge in [-0.1, -0.05) is 0 Å². The van der Waals surface area contributed by atoms with Gasteiger partial charge in [0.1, 0.15) is 0 Å². The molecule has 1 rings (SSSR count). The van der Waals surface area contributed by atoms with Gasteiger partial charge in [0, 0.05) is 13.0 Å². The van der Waals surface area contributed by atoms with E-state index in [4.69, 9.17) is 14.6 Å². The number of amides is 1. The minimum atomic E-state index is -0.231. The molecule has 0 unspecified atom stereocenters.